The Balaban J connectivity index is 2.42. The number of aliphatic hydroxyl groups excluding tert-OH is 1. The summed E-state index contributed by atoms with van der Waals surface area (Å²) in [5.41, 5.74) is -1.45. The van der Waals surface area contributed by atoms with Crippen LogP contribution in [0.25, 0.3) is 0 Å². The molecule has 0 bridgehead atoms. The van der Waals surface area contributed by atoms with Gasteiger partial charge in [0.15, 0.2) is 5.41 Å². The van der Waals surface area contributed by atoms with E-state index in [9.17, 15) is 30.5 Å². The Hall–Kier alpha value is -4.81. The molecule has 1 aliphatic carbocycles. The quantitative estimate of drug-likeness (QED) is 0.604. The molecule has 0 radical (unpaired) electrons. The second-order valence-corrected chi connectivity index (χ2v) is 8.03. The number of carbonyl (C=O) groups is 2. The van der Waals surface area contributed by atoms with Crippen LogP contribution in [0.3, 0.4) is 0 Å². The van der Waals surface area contributed by atoms with Crippen molar-refractivity contribution in [3.05, 3.63) is 76.6 Å². The highest BCUT2D eigenvalue weighted by atomic mass is 16.5. The van der Waals surface area contributed by atoms with Crippen LogP contribution in [-0.4, -0.2) is 37.9 Å². The van der Waals surface area contributed by atoms with E-state index in [4.69, 9.17) is 14.2 Å². The van der Waals surface area contributed by atoms with Crippen LogP contribution < -0.4 is 4.74 Å². The molecule has 36 heavy (non-hydrogen) atoms. The number of benzene rings is 2. The number of methoxy groups -OCH3 is 2. The molecule has 0 fully saturated rings. The molecule has 1 aliphatic rings. The van der Waals surface area contributed by atoms with Gasteiger partial charge in [-0.1, -0.05) is 24.3 Å². The van der Waals surface area contributed by atoms with Gasteiger partial charge in [0.05, 0.1) is 56.1 Å². The Morgan fingerprint density at radius 3 is 2.00 bits per heavy atom. The number of nitrogens with zero attached hydrogens (tertiary/aromatic N) is 3. The molecular formula is C27H23N3O6. The molecule has 9 heteroatoms. The Bertz CT molecular complexity index is 1300. The summed E-state index contributed by atoms with van der Waals surface area (Å²) >= 11 is 0. The Morgan fingerprint density at radius 2 is 1.53 bits per heavy atom. The fraction of sp³-hybridized carbons (Fsp3) is 0.296. The normalized spacial score (nSPS) is 20.3. The monoisotopic (exact) mass is 485 g/mol. The zero-order valence-corrected chi connectivity index (χ0v) is 19.9. The molecule has 182 valence electrons. The van der Waals surface area contributed by atoms with Gasteiger partial charge in [0.1, 0.15) is 17.4 Å². The molecule has 3 unspecified atom stereocenters. The molecule has 0 amide bonds. The lowest BCUT2D eigenvalue weighted by Gasteiger charge is -2.44. The smallest absolute Gasteiger partial charge is 0.337 e. The standard InChI is InChI=1S/C27H23N3O6/c1-4-36-19-11-9-18(10-12-19)23-21(26(33)35-3)24(31)20(25(32)34-2)22(27(23,14-29)15-30)17-7-5-16(13-28)6-8-17/h5-12,21-23,31H,4H2,1-3H3. The topological polar surface area (TPSA) is 153 Å². The molecule has 0 spiro atoms. The number of hydrogen-bond acceptors (Lipinski definition) is 9. The number of aliphatic hydroxyl groups is 1. The first kappa shape index (κ1) is 25.8. The molecular weight excluding hydrogens is 462 g/mol. The zero-order chi connectivity index (χ0) is 26.5. The highest BCUT2D eigenvalue weighted by Crippen LogP contribution is 2.59. The largest absolute Gasteiger partial charge is 0.511 e. The van der Waals surface area contributed by atoms with Crippen molar-refractivity contribution in [2.24, 2.45) is 11.3 Å². The lowest BCUT2D eigenvalue weighted by atomic mass is 9.54. The van der Waals surface area contributed by atoms with Gasteiger partial charge in [-0.2, -0.15) is 15.8 Å². The zero-order valence-electron chi connectivity index (χ0n) is 19.9. The number of nitriles is 3. The molecule has 3 atom stereocenters. The fourth-order valence-corrected chi connectivity index (χ4v) is 4.72. The average molecular weight is 485 g/mol. The number of ether oxygens (including phenoxy) is 3. The van der Waals surface area contributed by atoms with Crippen LogP contribution in [-0.2, 0) is 19.1 Å². The third kappa shape index (κ3) is 4.21. The maximum Gasteiger partial charge on any atom is 0.337 e. The van der Waals surface area contributed by atoms with Crippen molar-refractivity contribution in [1.82, 2.24) is 0 Å². The van der Waals surface area contributed by atoms with E-state index in [0.717, 1.165) is 14.2 Å². The van der Waals surface area contributed by atoms with E-state index in [-0.39, 0.29) is 0 Å². The van der Waals surface area contributed by atoms with E-state index in [0.29, 0.717) is 29.0 Å². The minimum atomic E-state index is -2.06. The molecule has 0 saturated carbocycles. The molecule has 0 saturated heterocycles. The molecule has 3 rings (SSSR count). The number of carbonyl (C=O) groups excluding carboxylic acids is 2. The van der Waals surface area contributed by atoms with Crippen LogP contribution >= 0.6 is 0 Å². The van der Waals surface area contributed by atoms with Crippen molar-refractivity contribution < 1.29 is 28.9 Å². The first-order valence-corrected chi connectivity index (χ1v) is 11.0. The Kier molecular flexibility index (Phi) is 7.62. The van der Waals surface area contributed by atoms with E-state index in [2.05, 4.69) is 12.1 Å². The summed E-state index contributed by atoms with van der Waals surface area (Å²) < 4.78 is 15.3. The van der Waals surface area contributed by atoms with Crippen LogP contribution in [0, 0.1) is 45.3 Å². The summed E-state index contributed by atoms with van der Waals surface area (Å²) in [4.78, 5) is 25.9. The Labute approximate surface area is 208 Å². The highest BCUT2D eigenvalue weighted by Gasteiger charge is 2.61. The third-order valence-electron chi connectivity index (χ3n) is 6.29. The minimum absolute atomic E-state index is 0.309. The third-order valence-corrected chi connectivity index (χ3v) is 6.29. The SMILES string of the molecule is CCOc1ccc(C2C(C(=O)OC)C(O)=C(C(=O)OC)C(c3ccc(C#N)cc3)C2(C#N)C#N)cc1. The van der Waals surface area contributed by atoms with Crippen molar-refractivity contribution >= 4 is 11.9 Å². The van der Waals surface area contributed by atoms with Crippen LogP contribution in [0.1, 0.15) is 35.4 Å². The van der Waals surface area contributed by atoms with Crippen LogP contribution in [0.2, 0.25) is 0 Å². The van der Waals surface area contributed by atoms with E-state index < -0.39 is 46.4 Å². The van der Waals surface area contributed by atoms with Crippen molar-refractivity contribution in [1.29, 1.82) is 15.8 Å². The van der Waals surface area contributed by atoms with E-state index in [1.165, 1.54) is 24.3 Å². The second kappa shape index (κ2) is 10.6. The van der Waals surface area contributed by atoms with Crippen molar-refractivity contribution in [2.75, 3.05) is 20.8 Å². The maximum atomic E-state index is 13.0. The summed E-state index contributed by atoms with van der Waals surface area (Å²) in [5, 5.41) is 41.6. The van der Waals surface area contributed by atoms with Crippen LogP contribution in [0.4, 0.5) is 0 Å². The number of hydrogen-bond donors (Lipinski definition) is 1. The number of rotatable bonds is 6. The summed E-state index contributed by atoms with van der Waals surface area (Å²) in [6.45, 7) is 2.23. The van der Waals surface area contributed by atoms with Gasteiger partial charge in [-0.25, -0.2) is 4.79 Å². The minimum Gasteiger partial charge on any atom is -0.511 e. The van der Waals surface area contributed by atoms with Crippen LogP contribution in [0.5, 0.6) is 5.75 Å². The first-order valence-electron chi connectivity index (χ1n) is 11.0. The lowest BCUT2D eigenvalue weighted by Crippen LogP contribution is -2.47. The Morgan fingerprint density at radius 1 is 0.944 bits per heavy atom. The van der Waals surface area contributed by atoms with Gasteiger partial charge in [0.25, 0.3) is 0 Å². The van der Waals surface area contributed by atoms with Gasteiger partial charge in [0.2, 0.25) is 0 Å². The van der Waals surface area contributed by atoms with E-state index in [1.807, 2.05) is 13.0 Å². The lowest BCUT2D eigenvalue weighted by molar-refractivity contribution is -0.147. The van der Waals surface area contributed by atoms with E-state index in [1.54, 1.807) is 24.3 Å². The van der Waals surface area contributed by atoms with Crippen molar-refractivity contribution in [3.63, 3.8) is 0 Å². The van der Waals surface area contributed by atoms with Crippen molar-refractivity contribution in [3.8, 4) is 24.0 Å². The summed E-state index contributed by atoms with van der Waals surface area (Å²) in [6.07, 6.45) is 0. The molecule has 2 aromatic rings. The summed E-state index contributed by atoms with van der Waals surface area (Å²) in [5.74, 6) is -6.14. The molecule has 0 aliphatic heterocycles. The van der Waals surface area contributed by atoms with Gasteiger partial charge < -0.3 is 19.3 Å². The maximum absolute atomic E-state index is 13.0. The predicted octanol–water partition coefficient (Wildman–Crippen LogP) is 3.65. The number of esters is 2. The van der Waals surface area contributed by atoms with Gasteiger partial charge in [-0.3, -0.25) is 4.79 Å². The second-order valence-electron chi connectivity index (χ2n) is 8.03. The van der Waals surface area contributed by atoms with Crippen LogP contribution in [0.15, 0.2) is 59.9 Å². The first-order chi connectivity index (χ1) is 17.3. The predicted molar refractivity (Wildman–Crippen MR) is 125 cm³/mol. The fourth-order valence-electron chi connectivity index (χ4n) is 4.72. The summed E-state index contributed by atoms with van der Waals surface area (Å²) in [7, 11) is 2.19. The molecule has 2 aromatic carbocycles. The molecule has 0 aromatic heterocycles. The van der Waals surface area contributed by atoms with Gasteiger partial charge >= 0.3 is 11.9 Å². The molecule has 9 nitrogen and oxygen atoms in total. The van der Waals surface area contributed by atoms with Gasteiger partial charge in [0, 0.05) is 5.92 Å². The average Bonchev–Trinajstić information content (AvgIpc) is 2.92. The van der Waals surface area contributed by atoms with E-state index >= 15 is 0 Å². The summed E-state index contributed by atoms with van der Waals surface area (Å²) in [6, 6.07) is 18.5. The van der Waals surface area contributed by atoms with Crippen molar-refractivity contribution in [2.45, 2.75) is 18.8 Å². The highest BCUT2D eigenvalue weighted by molar-refractivity contribution is 5.94. The molecule has 0 heterocycles. The van der Waals surface area contributed by atoms with Gasteiger partial charge in [-0.05, 0) is 42.3 Å². The van der Waals surface area contributed by atoms with Gasteiger partial charge in [-0.15, -0.1) is 0 Å². The molecule has 1 N–H and O–H groups in total.